The highest BCUT2D eigenvalue weighted by Gasteiger charge is 2.25. The standard InChI is InChI=1S/C11H10N2S2/c12-11-13-9(6-15-11)8-5-14-10-4-2-1-3-7(8)10/h1-4,6,8H,5H2,(H2,12,13). The van der Waals surface area contributed by atoms with Crippen molar-refractivity contribution in [3.63, 3.8) is 0 Å². The minimum Gasteiger partial charge on any atom is -0.375 e. The number of anilines is 1. The van der Waals surface area contributed by atoms with Gasteiger partial charge in [0.15, 0.2) is 5.13 Å². The Morgan fingerprint density at radius 3 is 3.00 bits per heavy atom. The van der Waals surface area contributed by atoms with Crippen LogP contribution in [-0.4, -0.2) is 10.7 Å². The fraction of sp³-hybridized carbons (Fsp3) is 0.182. The second-order valence-corrected chi connectivity index (χ2v) is 5.46. The summed E-state index contributed by atoms with van der Waals surface area (Å²) in [5.74, 6) is 1.52. The van der Waals surface area contributed by atoms with E-state index in [1.807, 2.05) is 11.8 Å². The van der Waals surface area contributed by atoms with Gasteiger partial charge in [-0.3, -0.25) is 0 Å². The largest absolute Gasteiger partial charge is 0.375 e. The summed E-state index contributed by atoms with van der Waals surface area (Å²) in [4.78, 5) is 5.76. The lowest BCUT2D eigenvalue weighted by Crippen LogP contribution is -1.99. The van der Waals surface area contributed by atoms with Crippen LogP contribution in [0.15, 0.2) is 34.5 Å². The topological polar surface area (TPSA) is 38.9 Å². The Morgan fingerprint density at radius 1 is 1.33 bits per heavy atom. The van der Waals surface area contributed by atoms with Crippen molar-refractivity contribution >= 4 is 28.2 Å². The first-order valence-corrected chi connectivity index (χ1v) is 6.64. The predicted octanol–water partition coefficient (Wildman–Crippen LogP) is 2.96. The van der Waals surface area contributed by atoms with Crippen LogP contribution in [0.25, 0.3) is 0 Å². The number of thiazole rings is 1. The number of benzene rings is 1. The quantitative estimate of drug-likeness (QED) is 0.824. The molecule has 0 fully saturated rings. The van der Waals surface area contributed by atoms with Crippen molar-refractivity contribution in [3.8, 4) is 0 Å². The summed E-state index contributed by atoms with van der Waals surface area (Å²) >= 11 is 3.43. The zero-order valence-corrected chi connectivity index (χ0v) is 9.65. The molecule has 1 aliphatic rings. The molecule has 1 unspecified atom stereocenters. The van der Waals surface area contributed by atoms with Gasteiger partial charge < -0.3 is 5.73 Å². The summed E-state index contributed by atoms with van der Waals surface area (Å²) < 4.78 is 0. The van der Waals surface area contributed by atoms with Crippen LogP contribution in [0.2, 0.25) is 0 Å². The molecule has 4 heteroatoms. The van der Waals surface area contributed by atoms with Gasteiger partial charge >= 0.3 is 0 Å². The summed E-state index contributed by atoms with van der Waals surface area (Å²) in [6.45, 7) is 0. The first-order valence-electron chi connectivity index (χ1n) is 4.77. The molecule has 15 heavy (non-hydrogen) atoms. The van der Waals surface area contributed by atoms with E-state index in [0.29, 0.717) is 11.0 Å². The maximum absolute atomic E-state index is 5.67. The lowest BCUT2D eigenvalue weighted by atomic mass is 9.99. The Bertz CT molecular complexity index is 493. The van der Waals surface area contributed by atoms with E-state index in [9.17, 15) is 0 Å². The second-order valence-electron chi connectivity index (χ2n) is 3.51. The van der Waals surface area contributed by atoms with E-state index in [4.69, 9.17) is 5.73 Å². The van der Waals surface area contributed by atoms with Crippen molar-refractivity contribution < 1.29 is 0 Å². The van der Waals surface area contributed by atoms with Crippen LogP contribution < -0.4 is 5.73 Å². The van der Waals surface area contributed by atoms with Crippen LogP contribution in [0.3, 0.4) is 0 Å². The van der Waals surface area contributed by atoms with Gasteiger partial charge in [0.2, 0.25) is 0 Å². The zero-order valence-electron chi connectivity index (χ0n) is 8.01. The molecule has 0 aliphatic carbocycles. The third kappa shape index (κ3) is 1.54. The molecule has 1 aromatic heterocycles. The maximum Gasteiger partial charge on any atom is 0.180 e. The molecule has 1 aromatic carbocycles. The molecule has 0 bridgehead atoms. The first kappa shape index (κ1) is 9.24. The molecule has 1 aliphatic heterocycles. The first-order chi connectivity index (χ1) is 7.34. The summed E-state index contributed by atoms with van der Waals surface area (Å²) in [6.07, 6.45) is 0. The average molecular weight is 234 g/mol. The van der Waals surface area contributed by atoms with Crippen LogP contribution in [0.1, 0.15) is 17.2 Å². The lowest BCUT2D eigenvalue weighted by Gasteiger charge is -2.06. The Balaban J connectivity index is 2.04. The van der Waals surface area contributed by atoms with Gasteiger partial charge in [-0.25, -0.2) is 4.98 Å². The number of thioether (sulfide) groups is 1. The molecule has 0 saturated heterocycles. The summed E-state index contributed by atoms with van der Waals surface area (Å²) in [7, 11) is 0. The van der Waals surface area contributed by atoms with Crippen LogP contribution in [0.5, 0.6) is 0 Å². The molecule has 0 radical (unpaired) electrons. The minimum atomic E-state index is 0.430. The van der Waals surface area contributed by atoms with Gasteiger partial charge in [-0.05, 0) is 11.6 Å². The predicted molar refractivity (Wildman–Crippen MR) is 65.5 cm³/mol. The van der Waals surface area contributed by atoms with Crippen LogP contribution in [0.4, 0.5) is 5.13 Å². The van der Waals surface area contributed by atoms with E-state index in [1.165, 1.54) is 21.8 Å². The fourth-order valence-corrected chi connectivity index (χ4v) is 3.73. The third-order valence-electron chi connectivity index (χ3n) is 2.60. The van der Waals surface area contributed by atoms with Crippen molar-refractivity contribution in [2.24, 2.45) is 0 Å². The number of fused-ring (bicyclic) bond motifs is 1. The molecule has 0 spiro atoms. The van der Waals surface area contributed by atoms with E-state index >= 15 is 0 Å². The molecule has 0 saturated carbocycles. The smallest absolute Gasteiger partial charge is 0.180 e. The summed E-state index contributed by atoms with van der Waals surface area (Å²) in [6, 6.07) is 8.54. The highest BCUT2D eigenvalue weighted by atomic mass is 32.2. The molecule has 1 atom stereocenters. The number of rotatable bonds is 1. The van der Waals surface area contributed by atoms with Crippen LogP contribution >= 0.6 is 23.1 Å². The molecule has 76 valence electrons. The van der Waals surface area contributed by atoms with Gasteiger partial charge in [-0.15, -0.1) is 23.1 Å². The normalized spacial score (nSPS) is 19.1. The number of hydrogen-bond donors (Lipinski definition) is 1. The second kappa shape index (κ2) is 3.54. The highest BCUT2D eigenvalue weighted by molar-refractivity contribution is 7.99. The van der Waals surface area contributed by atoms with Gasteiger partial charge in [-0.1, -0.05) is 18.2 Å². The molecule has 2 N–H and O–H groups in total. The Kier molecular flexibility index (Phi) is 2.18. The minimum absolute atomic E-state index is 0.430. The van der Waals surface area contributed by atoms with Gasteiger partial charge in [0, 0.05) is 21.9 Å². The Hall–Kier alpha value is -1.00. The van der Waals surface area contributed by atoms with Gasteiger partial charge in [0.05, 0.1) is 5.69 Å². The van der Waals surface area contributed by atoms with Crippen molar-refractivity contribution in [1.29, 1.82) is 0 Å². The van der Waals surface area contributed by atoms with Crippen LogP contribution in [0, 0.1) is 0 Å². The van der Waals surface area contributed by atoms with Crippen molar-refractivity contribution in [2.45, 2.75) is 10.8 Å². The number of aromatic nitrogens is 1. The summed E-state index contributed by atoms with van der Waals surface area (Å²) in [5.41, 5.74) is 8.18. The average Bonchev–Trinajstić information content (AvgIpc) is 2.83. The van der Waals surface area contributed by atoms with E-state index in [1.54, 1.807) is 0 Å². The SMILES string of the molecule is Nc1nc(C2CSc3ccccc32)cs1. The summed E-state index contributed by atoms with van der Waals surface area (Å²) in [5, 5.41) is 2.74. The van der Waals surface area contributed by atoms with E-state index < -0.39 is 0 Å². The maximum atomic E-state index is 5.67. The Morgan fingerprint density at radius 2 is 2.20 bits per heavy atom. The van der Waals surface area contributed by atoms with E-state index in [2.05, 4.69) is 34.6 Å². The van der Waals surface area contributed by atoms with Gasteiger partial charge in [-0.2, -0.15) is 0 Å². The number of nitrogen functional groups attached to an aromatic ring is 1. The molecule has 0 amide bonds. The Labute approximate surface area is 96.5 Å². The number of hydrogen-bond acceptors (Lipinski definition) is 4. The van der Waals surface area contributed by atoms with Crippen LogP contribution in [-0.2, 0) is 0 Å². The highest BCUT2D eigenvalue weighted by Crippen LogP contribution is 2.42. The monoisotopic (exact) mass is 234 g/mol. The zero-order chi connectivity index (χ0) is 10.3. The molecule has 2 aromatic rings. The number of nitrogens with zero attached hydrogens (tertiary/aromatic N) is 1. The van der Waals surface area contributed by atoms with E-state index in [-0.39, 0.29) is 0 Å². The lowest BCUT2D eigenvalue weighted by molar-refractivity contribution is 0.900. The molecular weight excluding hydrogens is 224 g/mol. The fourth-order valence-electron chi connectivity index (χ4n) is 1.87. The van der Waals surface area contributed by atoms with Crippen molar-refractivity contribution in [1.82, 2.24) is 4.98 Å². The third-order valence-corrected chi connectivity index (χ3v) is 4.47. The van der Waals surface area contributed by atoms with Crippen molar-refractivity contribution in [2.75, 3.05) is 11.5 Å². The molecular formula is C11H10N2S2. The van der Waals surface area contributed by atoms with Gasteiger partial charge in [0.25, 0.3) is 0 Å². The number of nitrogens with two attached hydrogens (primary N) is 1. The molecule has 3 rings (SSSR count). The van der Waals surface area contributed by atoms with Crippen molar-refractivity contribution in [3.05, 3.63) is 40.9 Å². The molecule has 2 heterocycles. The van der Waals surface area contributed by atoms with E-state index in [0.717, 1.165) is 11.4 Å². The molecule has 2 nitrogen and oxygen atoms in total. The van der Waals surface area contributed by atoms with Gasteiger partial charge in [0.1, 0.15) is 0 Å².